The van der Waals surface area contributed by atoms with Gasteiger partial charge in [0.1, 0.15) is 0 Å². The second kappa shape index (κ2) is 3.56. The fraction of sp³-hybridized carbons (Fsp3) is 0.857. The Bertz CT molecular complexity index is 116. The van der Waals surface area contributed by atoms with Crippen LogP contribution < -0.4 is 0 Å². The van der Waals surface area contributed by atoms with Crippen LogP contribution in [0.4, 0.5) is 0 Å². The molecule has 0 aliphatic carbocycles. The van der Waals surface area contributed by atoms with Crippen molar-refractivity contribution in [3.63, 3.8) is 0 Å². The predicted octanol–water partition coefficient (Wildman–Crippen LogP) is 0.254. The van der Waals surface area contributed by atoms with Crippen molar-refractivity contribution in [3.05, 3.63) is 0 Å². The molecule has 1 aliphatic rings. The van der Waals surface area contributed by atoms with E-state index in [1.54, 1.807) is 0 Å². The van der Waals surface area contributed by atoms with Crippen LogP contribution in [0.15, 0.2) is 0 Å². The Morgan fingerprint density at radius 3 is 3.10 bits per heavy atom. The van der Waals surface area contributed by atoms with Gasteiger partial charge in [-0.3, -0.25) is 4.79 Å². The number of amides is 1. The molecule has 1 rings (SSSR count). The Morgan fingerprint density at radius 2 is 2.60 bits per heavy atom. The number of rotatable bonds is 2. The summed E-state index contributed by atoms with van der Waals surface area (Å²) in [6, 6.07) is 0.311. The van der Waals surface area contributed by atoms with Crippen molar-refractivity contribution in [1.29, 1.82) is 0 Å². The number of nitrogens with zero attached hydrogens (tertiary/aromatic N) is 1. The van der Waals surface area contributed by atoms with Crippen molar-refractivity contribution in [1.82, 2.24) is 4.90 Å². The lowest BCUT2D eigenvalue weighted by molar-refractivity contribution is -0.126. The van der Waals surface area contributed by atoms with Crippen LogP contribution in [-0.2, 0) is 9.53 Å². The fourth-order valence-corrected chi connectivity index (χ4v) is 1.16. The van der Waals surface area contributed by atoms with Gasteiger partial charge in [-0.1, -0.05) is 6.92 Å². The molecule has 3 nitrogen and oxygen atoms in total. The van der Waals surface area contributed by atoms with Gasteiger partial charge >= 0.3 is 0 Å². The van der Waals surface area contributed by atoms with E-state index in [0.717, 1.165) is 19.4 Å². The maximum absolute atomic E-state index is 10.4. The molecule has 0 aromatic rings. The highest BCUT2D eigenvalue weighted by Crippen LogP contribution is 2.06. The van der Waals surface area contributed by atoms with Gasteiger partial charge in [0.25, 0.3) is 0 Å². The summed E-state index contributed by atoms with van der Waals surface area (Å²) in [5.74, 6) is 0. The molecule has 1 amide bonds. The van der Waals surface area contributed by atoms with Crippen LogP contribution in [0.2, 0.25) is 0 Å². The van der Waals surface area contributed by atoms with Gasteiger partial charge in [-0.05, 0) is 6.42 Å². The van der Waals surface area contributed by atoms with Crippen molar-refractivity contribution < 1.29 is 9.53 Å². The minimum Gasteiger partial charge on any atom is -0.377 e. The molecule has 1 heterocycles. The van der Waals surface area contributed by atoms with Gasteiger partial charge in [0, 0.05) is 6.54 Å². The molecule has 1 fully saturated rings. The first kappa shape index (κ1) is 7.54. The number of carbonyl (C=O) groups excluding carboxylic acids is 1. The molecule has 1 atom stereocenters. The van der Waals surface area contributed by atoms with Crippen molar-refractivity contribution >= 4 is 6.41 Å². The summed E-state index contributed by atoms with van der Waals surface area (Å²) in [6.45, 7) is 4.21. The Labute approximate surface area is 61.0 Å². The van der Waals surface area contributed by atoms with E-state index in [-0.39, 0.29) is 0 Å². The molecule has 58 valence electrons. The maximum Gasteiger partial charge on any atom is 0.210 e. The van der Waals surface area contributed by atoms with E-state index in [1.807, 2.05) is 4.90 Å². The second-order valence-corrected chi connectivity index (χ2v) is 2.48. The monoisotopic (exact) mass is 143 g/mol. The van der Waals surface area contributed by atoms with E-state index in [0.29, 0.717) is 19.3 Å². The summed E-state index contributed by atoms with van der Waals surface area (Å²) in [5, 5.41) is 0. The zero-order valence-corrected chi connectivity index (χ0v) is 6.25. The van der Waals surface area contributed by atoms with Gasteiger partial charge in [-0.15, -0.1) is 0 Å². The van der Waals surface area contributed by atoms with Crippen LogP contribution in [0.25, 0.3) is 0 Å². The zero-order valence-electron chi connectivity index (χ0n) is 6.25. The van der Waals surface area contributed by atoms with Gasteiger partial charge in [0.05, 0.1) is 19.3 Å². The lowest BCUT2D eigenvalue weighted by Gasteiger charge is -2.31. The standard InChI is InChI=1S/C7H13NO2/c1-2-7-5-10-4-3-8(7)6-9/h6-7H,2-5H2,1H3. The first-order chi connectivity index (χ1) is 4.88. The molecule has 3 heteroatoms. The number of morpholine rings is 1. The van der Waals surface area contributed by atoms with E-state index >= 15 is 0 Å². The third-order valence-electron chi connectivity index (χ3n) is 1.88. The Morgan fingerprint density at radius 1 is 1.80 bits per heavy atom. The lowest BCUT2D eigenvalue weighted by Crippen LogP contribution is -2.43. The van der Waals surface area contributed by atoms with E-state index in [1.165, 1.54) is 0 Å². The van der Waals surface area contributed by atoms with E-state index in [4.69, 9.17) is 4.74 Å². The number of ether oxygens (including phenoxy) is 1. The molecule has 0 spiro atoms. The minimum atomic E-state index is 0.311. The van der Waals surface area contributed by atoms with Crippen molar-refractivity contribution in [2.45, 2.75) is 19.4 Å². The average Bonchev–Trinajstić information content (AvgIpc) is 2.04. The van der Waals surface area contributed by atoms with Crippen LogP contribution in [0.3, 0.4) is 0 Å². The quantitative estimate of drug-likeness (QED) is 0.519. The minimum absolute atomic E-state index is 0.311. The van der Waals surface area contributed by atoms with Gasteiger partial charge < -0.3 is 9.64 Å². The van der Waals surface area contributed by atoms with Crippen molar-refractivity contribution in [2.75, 3.05) is 19.8 Å². The smallest absolute Gasteiger partial charge is 0.210 e. The molecule has 0 aromatic heterocycles. The molecule has 0 radical (unpaired) electrons. The third-order valence-corrected chi connectivity index (χ3v) is 1.88. The largest absolute Gasteiger partial charge is 0.377 e. The van der Waals surface area contributed by atoms with Gasteiger partial charge in [-0.2, -0.15) is 0 Å². The van der Waals surface area contributed by atoms with Crippen LogP contribution in [0.5, 0.6) is 0 Å². The SMILES string of the molecule is CCC1COCCN1C=O. The first-order valence-corrected chi connectivity index (χ1v) is 3.67. The highest BCUT2D eigenvalue weighted by molar-refractivity contribution is 5.47. The number of carbonyl (C=O) groups is 1. The Hall–Kier alpha value is -0.570. The zero-order chi connectivity index (χ0) is 7.40. The van der Waals surface area contributed by atoms with Crippen LogP contribution >= 0.6 is 0 Å². The van der Waals surface area contributed by atoms with Crippen LogP contribution in [-0.4, -0.2) is 37.1 Å². The third kappa shape index (κ3) is 1.48. The van der Waals surface area contributed by atoms with Crippen LogP contribution in [0, 0.1) is 0 Å². The molecular weight excluding hydrogens is 130 g/mol. The molecule has 1 unspecified atom stereocenters. The Kier molecular flexibility index (Phi) is 2.68. The van der Waals surface area contributed by atoms with Gasteiger partial charge in [0.15, 0.2) is 0 Å². The van der Waals surface area contributed by atoms with E-state index < -0.39 is 0 Å². The number of hydrogen-bond acceptors (Lipinski definition) is 2. The molecule has 1 saturated heterocycles. The topological polar surface area (TPSA) is 29.5 Å². The average molecular weight is 143 g/mol. The van der Waals surface area contributed by atoms with Crippen LogP contribution in [0.1, 0.15) is 13.3 Å². The first-order valence-electron chi connectivity index (χ1n) is 3.67. The molecule has 1 aliphatic heterocycles. The van der Waals surface area contributed by atoms with Crippen molar-refractivity contribution in [3.8, 4) is 0 Å². The fourth-order valence-electron chi connectivity index (χ4n) is 1.16. The maximum atomic E-state index is 10.4. The van der Waals surface area contributed by atoms with Gasteiger partial charge in [-0.25, -0.2) is 0 Å². The Balaban J connectivity index is 2.41. The van der Waals surface area contributed by atoms with Crippen molar-refractivity contribution in [2.24, 2.45) is 0 Å². The molecule has 0 aromatic carbocycles. The highest BCUT2D eigenvalue weighted by atomic mass is 16.5. The molecule has 0 saturated carbocycles. The molecular formula is C7H13NO2. The highest BCUT2D eigenvalue weighted by Gasteiger charge is 2.18. The predicted molar refractivity (Wildman–Crippen MR) is 37.7 cm³/mol. The van der Waals surface area contributed by atoms with E-state index in [9.17, 15) is 4.79 Å². The lowest BCUT2D eigenvalue weighted by atomic mass is 10.2. The summed E-state index contributed by atoms with van der Waals surface area (Å²) in [7, 11) is 0. The molecule has 0 bridgehead atoms. The second-order valence-electron chi connectivity index (χ2n) is 2.48. The normalized spacial score (nSPS) is 26.5. The summed E-state index contributed by atoms with van der Waals surface area (Å²) in [4.78, 5) is 12.2. The van der Waals surface area contributed by atoms with E-state index in [2.05, 4.69) is 6.92 Å². The summed E-state index contributed by atoms with van der Waals surface area (Å²) in [5.41, 5.74) is 0. The number of hydrogen-bond donors (Lipinski definition) is 0. The summed E-state index contributed by atoms with van der Waals surface area (Å²) in [6.07, 6.45) is 1.90. The summed E-state index contributed by atoms with van der Waals surface area (Å²) < 4.78 is 5.20. The molecule has 0 N–H and O–H groups in total. The molecule has 10 heavy (non-hydrogen) atoms. The summed E-state index contributed by atoms with van der Waals surface area (Å²) >= 11 is 0. The van der Waals surface area contributed by atoms with Gasteiger partial charge in [0.2, 0.25) is 6.41 Å².